The van der Waals surface area contributed by atoms with Crippen molar-refractivity contribution in [3.63, 3.8) is 0 Å². The molecule has 9 heteroatoms. The number of hydrogen-bond donors (Lipinski definition) is 1. The fourth-order valence-corrected chi connectivity index (χ4v) is 4.99. The Balaban J connectivity index is 1.70. The molecule has 150 valence electrons. The van der Waals surface area contributed by atoms with Crippen LogP contribution in [0, 0.1) is 12.7 Å². The summed E-state index contributed by atoms with van der Waals surface area (Å²) >= 11 is 5.93. The molecule has 2 amide bonds. The van der Waals surface area contributed by atoms with Crippen LogP contribution < -0.4 is 5.32 Å². The molecule has 0 atom stereocenters. The van der Waals surface area contributed by atoms with Gasteiger partial charge in [0.15, 0.2) is 0 Å². The average molecular weight is 426 g/mol. The van der Waals surface area contributed by atoms with Gasteiger partial charge in [-0.1, -0.05) is 23.7 Å². The molecule has 1 aliphatic heterocycles. The van der Waals surface area contributed by atoms with Crippen molar-refractivity contribution in [3.05, 3.63) is 58.9 Å². The van der Waals surface area contributed by atoms with Gasteiger partial charge in [0.25, 0.3) is 0 Å². The molecule has 6 nitrogen and oxygen atoms in total. The Kier molecular flexibility index (Phi) is 6.22. The monoisotopic (exact) mass is 425 g/mol. The maximum atomic E-state index is 13.6. The second kappa shape index (κ2) is 8.46. The first-order valence-electron chi connectivity index (χ1n) is 8.85. The number of amides is 2. The third-order valence-corrected chi connectivity index (χ3v) is 6.86. The highest BCUT2D eigenvalue weighted by Gasteiger charge is 2.29. The van der Waals surface area contributed by atoms with Crippen LogP contribution in [0.1, 0.15) is 12.0 Å². The lowest BCUT2D eigenvalue weighted by Crippen LogP contribution is -2.39. The van der Waals surface area contributed by atoms with Crippen molar-refractivity contribution in [2.75, 3.05) is 31.5 Å². The largest absolute Gasteiger partial charge is 0.323 e. The van der Waals surface area contributed by atoms with Crippen molar-refractivity contribution in [3.8, 4) is 0 Å². The number of sulfonamides is 1. The van der Waals surface area contributed by atoms with Crippen molar-refractivity contribution < 1.29 is 17.6 Å². The van der Waals surface area contributed by atoms with E-state index in [1.165, 1.54) is 16.4 Å². The summed E-state index contributed by atoms with van der Waals surface area (Å²) in [6.07, 6.45) is 0.483. The van der Waals surface area contributed by atoms with E-state index in [1.807, 2.05) is 0 Å². The summed E-state index contributed by atoms with van der Waals surface area (Å²) in [5, 5.41) is 3.28. The number of halogens is 2. The highest BCUT2D eigenvalue weighted by Crippen LogP contribution is 2.22. The molecule has 0 radical (unpaired) electrons. The minimum Gasteiger partial charge on any atom is -0.323 e. The predicted molar refractivity (Wildman–Crippen MR) is 107 cm³/mol. The molecule has 0 aromatic heterocycles. The molecule has 1 fully saturated rings. The number of benzene rings is 2. The summed E-state index contributed by atoms with van der Waals surface area (Å²) in [5.74, 6) is -0.596. The average Bonchev–Trinajstić information content (AvgIpc) is 2.90. The number of aryl methyl sites for hydroxylation is 1. The van der Waals surface area contributed by atoms with E-state index in [9.17, 15) is 17.6 Å². The molecule has 28 heavy (non-hydrogen) atoms. The van der Waals surface area contributed by atoms with Crippen LogP contribution >= 0.6 is 11.6 Å². The number of anilines is 1. The molecule has 3 rings (SSSR count). The van der Waals surface area contributed by atoms with Crippen LogP contribution in [0.4, 0.5) is 14.9 Å². The van der Waals surface area contributed by atoms with Crippen molar-refractivity contribution in [2.45, 2.75) is 18.2 Å². The molecule has 0 saturated carbocycles. The van der Waals surface area contributed by atoms with Gasteiger partial charge in [-0.2, -0.15) is 4.31 Å². The first kappa shape index (κ1) is 20.6. The standard InChI is InChI=1S/C19H21ClFN3O3S/c1-14-6-7-16(21)13-18(14)28(26,27)24-9-3-8-23(10-11-24)19(25)22-17-5-2-4-15(20)12-17/h2,4-7,12-13H,3,8-11H2,1H3,(H,22,25). The highest BCUT2D eigenvalue weighted by molar-refractivity contribution is 7.89. The number of urea groups is 1. The van der Waals surface area contributed by atoms with Crippen molar-refractivity contribution in [2.24, 2.45) is 0 Å². The lowest BCUT2D eigenvalue weighted by molar-refractivity contribution is 0.214. The second-order valence-corrected chi connectivity index (χ2v) is 8.94. The Morgan fingerprint density at radius 3 is 2.64 bits per heavy atom. The van der Waals surface area contributed by atoms with Gasteiger partial charge in [-0.15, -0.1) is 0 Å². The molecule has 0 unspecified atom stereocenters. The number of rotatable bonds is 3. The molecular weight excluding hydrogens is 405 g/mol. The van der Waals surface area contributed by atoms with E-state index < -0.39 is 15.8 Å². The molecule has 1 N–H and O–H groups in total. The molecule has 1 aliphatic rings. The Bertz CT molecular complexity index is 984. The van der Waals surface area contributed by atoms with E-state index in [4.69, 9.17) is 11.6 Å². The van der Waals surface area contributed by atoms with Gasteiger partial charge < -0.3 is 10.2 Å². The van der Waals surface area contributed by atoms with Crippen LogP contribution in [0.15, 0.2) is 47.4 Å². The van der Waals surface area contributed by atoms with Gasteiger partial charge in [0, 0.05) is 36.9 Å². The maximum absolute atomic E-state index is 13.6. The minimum atomic E-state index is -3.83. The molecule has 0 spiro atoms. The van der Waals surface area contributed by atoms with Crippen LogP contribution in [-0.4, -0.2) is 49.8 Å². The van der Waals surface area contributed by atoms with Crippen LogP contribution in [0.2, 0.25) is 5.02 Å². The lowest BCUT2D eigenvalue weighted by Gasteiger charge is -2.23. The number of hydrogen-bond acceptors (Lipinski definition) is 3. The Hall–Kier alpha value is -2.16. The number of nitrogens with zero attached hydrogens (tertiary/aromatic N) is 2. The summed E-state index contributed by atoms with van der Waals surface area (Å²) in [5.41, 5.74) is 1.06. The maximum Gasteiger partial charge on any atom is 0.321 e. The number of nitrogens with one attached hydrogen (secondary N) is 1. The van der Waals surface area contributed by atoms with E-state index in [0.717, 1.165) is 6.07 Å². The molecule has 0 bridgehead atoms. The first-order chi connectivity index (χ1) is 13.3. The van der Waals surface area contributed by atoms with E-state index >= 15 is 0 Å². The predicted octanol–water partition coefficient (Wildman–Crippen LogP) is 3.72. The Morgan fingerprint density at radius 1 is 1.11 bits per heavy atom. The summed E-state index contributed by atoms with van der Waals surface area (Å²) in [7, 11) is -3.83. The molecular formula is C19H21ClFN3O3S. The fourth-order valence-electron chi connectivity index (χ4n) is 3.10. The van der Waals surface area contributed by atoms with Gasteiger partial charge in [0.05, 0.1) is 4.90 Å². The first-order valence-corrected chi connectivity index (χ1v) is 10.7. The zero-order chi connectivity index (χ0) is 20.3. The SMILES string of the molecule is Cc1ccc(F)cc1S(=O)(=O)N1CCCN(C(=O)Nc2cccc(Cl)c2)CC1. The zero-order valence-electron chi connectivity index (χ0n) is 15.4. The van der Waals surface area contributed by atoms with Crippen LogP contribution in [0.25, 0.3) is 0 Å². The summed E-state index contributed by atoms with van der Waals surface area (Å²) in [6, 6.07) is 10.2. The van der Waals surface area contributed by atoms with Gasteiger partial charge in [-0.3, -0.25) is 0 Å². The van der Waals surface area contributed by atoms with Crippen molar-refractivity contribution in [1.29, 1.82) is 0 Å². The quantitative estimate of drug-likeness (QED) is 0.814. The fraction of sp³-hybridized carbons (Fsp3) is 0.316. The van der Waals surface area contributed by atoms with Crippen molar-refractivity contribution in [1.82, 2.24) is 9.21 Å². The summed E-state index contributed by atoms with van der Waals surface area (Å²) < 4.78 is 40.8. The van der Waals surface area contributed by atoms with E-state index in [2.05, 4.69) is 5.32 Å². The molecule has 1 saturated heterocycles. The van der Waals surface area contributed by atoms with E-state index in [-0.39, 0.29) is 30.6 Å². The zero-order valence-corrected chi connectivity index (χ0v) is 16.9. The van der Waals surface area contributed by atoms with E-state index in [1.54, 1.807) is 36.1 Å². The van der Waals surface area contributed by atoms with Gasteiger partial charge in [-0.05, 0) is 49.2 Å². The van der Waals surface area contributed by atoms with Crippen molar-refractivity contribution >= 4 is 33.3 Å². The van der Waals surface area contributed by atoms with E-state index in [0.29, 0.717) is 29.2 Å². The smallest absolute Gasteiger partial charge is 0.321 e. The Morgan fingerprint density at radius 2 is 1.89 bits per heavy atom. The van der Waals surface area contributed by atoms with Crippen LogP contribution in [0.3, 0.4) is 0 Å². The van der Waals surface area contributed by atoms with Gasteiger partial charge >= 0.3 is 6.03 Å². The number of carbonyl (C=O) groups excluding carboxylic acids is 1. The third-order valence-electron chi connectivity index (χ3n) is 4.59. The molecule has 0 aliphatic carbocycles. The van der Waals surface area contributed by atoms with Crippen LogP contribution in [0.5, 0.6) is 0 Å². The minimum absolute atomic E-state index is 0.0377. The third kappa shape index (κ3) is 4.63. The number of carbonyl (C=O) groups is 1. The van der Waals surface area contributed by atoms with Gasteiger partial charge in [-0.25, -0.2) is 17.6 Å². The van der Waals surface area contributed by atoms with Gasteiger partial charge in [0.2, 0.25) is 10.0 Å². The molecule has 2 aromatic rings. The summed E-state index contributed by atoms with van der Waals surface area (Å²) in [4.78, 5) is 14.0. The van der Waals surface area contributed by atoms with Crippen LogP contribution in [-0.2, 0) is 10.0 Å². The normalized spacial score (nSPS) is 15.9. The lowest BCUT2D eigenvalue weighted by atomic mass is 10.2. The highest BCUT2D eigenvalue weighted by atomic mass is 35.5. The molecule has 2 aromatic carbocycles. The second-order valence-electron chi connectivity index (χ2n) is 6.60. The van der Waals surface area contributed by atoms with Gasteiger partial charge in [0.1, 0.15) is 5.82 Å². The molecule has 1 heterocycles. The Labute approximate surface area is 168 Å². The topological polar surface area (TPSA) is 69.7 Å². The summed E-state index contributed by atoms with van der Waals surface area (Å²) in [6.45, 7) is 2.69.